The van der Waals surface area contributed by atoms with Crippen LogP contribution in [0.15, 0.2) is 40.7 Å². The molecule has 0 atom stereocenters. The van der Waals surface area contributed by atoms with Gasteiger partial charge < -0.3 is 4.90 Å². The summed E-state index contributed by atoms with van der Waals surface area (Å²) in [6.07, 6.45) is -8.76. The number of alkyl halides is 6. The van der Waals surface area contributed by atoms with Crippen LogP contribution in [-0.2, 0) is 22.4 Å². The second-order valence-corrected chi connectivity index (χ2v) is 12.6. The van der Waals surface area contributed by atoms with Crippen LogP contribution < -0.4 is 5.32 Å². The van der Waals surface area contributed by atoms with Crippen molar-refractivity contribution in [1.82, 2.24) is 28.8 Å². The van der Waals surface area contributed by atoms with Gasteiger partial charge in [0.1, 0.15) is 5.56 Å². The number of nitrogens with one attached hydrogen (secondary N) is 1. The van der Waals surface area contributed by atoms with Gasteiger partial charge in [0, 0.05) is 31.7 Å². The molecule has 5 rings (SSSR count). The van der Waals surface area contributed by atoms with Crippen molar-refractivity contribution >= 4 is 38.0 Å². The molecule has 0 bridgehead atoms. The third-order valence-corrected chi connectivity index (χ3v) is 10.1. The number of aromatic nitrogens is 4. The molecule has 0 saturated carbocycles. The number of carbonyl (C=O) groups is 1. The molecule has 1 aromatic carbocycles. The van der Waals surface area contributed by atoms with Crippen molar-refractivity contribution in [3.05, 3.63) is 59.0 Å². The van der Waals surface area contributed by atoms with Gasteiger partial charge in [-0.05, 0) is 32.2 Å². The molecule has 1 N–H and O–H groups in total. The molecule has 1 fully saturated rings. The molecule has 0 spiro atoms. The standard InChI is InChI=1S/C24H21F6N7O3S2/c1-13-21(42(39,40)36-9-7-35(2)8-10-36)41-22(32-13)34-20(38)16-12-31-37-18(24(28,29)30)11-17(33-19(16)37)14-3-5-15(6-4-14)23(25,26)27/h3-6,11-12H,7-10H2,1-2H3,(H,32,34,38). The number of nitrogens with zero attached hydrogens (tertiary/aromatic N) is 6. The number of likely N-dealkylation sites (N-methyl/N-ethyl adjacent to an activating group) is 1. The number of sulfonamides is 1. The lowest BCUT2D eigenvalue weighted by Gasteiger charge is -2.31. The summed E-state index contributed by atoms with van der Waals surface area (Å²) in [7, 11) is -2.03. The summed E-state index contributed by atoms with van der Waals surface area (Å²) >= 11 is 0.697. The molecule has 0 unspecified atom stereocenters. The quantitative estimate of drug-likeness (QED) is 0.325. The van der Waals surface area contributed by atoms with Crippen LogP contribution in [0, 0.1) is 6.92 Å². The maximum absolute atomic E-state index is 13.9. The van der Waals surface area contributed by atoms with Crippen LogP contribution in [0.3, 0.4) is 0 Å². The molecule has 1 amide bonds. The number of benzene rings is 1. The highest BCUT2D eigenvalue weighted by Crippen LogP contribution is 2.35. The van der Waals surface area contributed by atoms with Crippen LogP contribution in [0.1, 0.15) is 27.3 Å². The van der Waals surface area contributed by atoms with E-state index in [-0.39, 0.29) is 39.4 Å². The number of anilines is 1. The molecule has 1 aliphatic rings. The van der Waals surface area contributed by atoms with Crippen LogP contribution in [-0.4, -0.2) is 76.3 Å². The van der Waals surface area contributed by atoms with Gasteiger partial charge in [0.15, 0.2) is 20.7 Å². The average molecular weight is 634 g/mol. The smallest absolute Gasteiger partial charge is 0.304 e. The summed E-state index contributed by atoms with van der Waals surface area (Å²) < 4.78 is 109. The molecule has 0 aliphatic carbocycles. The first-order valence-corrected chi connectivity index (χ1v) is 14.4. The molecule has 3 aromatic heterocycles. The lowest BCUT2D eigenvalue weighted by Crippen LogP contribution is -2.46. The number of aryl methyl sites for hydroxylation is 1. The van der Waals surface area contributed by atoms with Crippen molar-refractivity contribution < 1.29 is 39.6 Å². The Morgan fingerprint density at radius 1 is 0.976 bits per heavy atom. The molecular formula is C24H21F6N7O3S2. The van der Waals surface area contributed by atoms with Crippen LogP contribution >= 0.6 is 11.3 Å². The predicted molar refractivity (Wildman–Crippen MR) is 139 cm³/mol. The lowest BCUT2D eigenvalue weighted by atomic mass is 10.1. The third kappa shape index (κ3) is 5.70. The molecule has 10 nitrogen and oxygen atoms in total. The van der Waals surface area contributed by atoms with Gasteiger partial charge in [-0.2, -0.15) is 35.7 Å². The molecule has 18 heteroatoms. The fraction of sp³-hybridized carbons (Fsp3) is 0.333. The summed E-state index contributed by atoms with van der Waals surface area (Å²) in [4.78, 5) is 23.3. The van der Waals surface area contributed by atoms with Crippen molar-refractivity contribution in [3.63, 3.8) is 0 Å². The number of carbonyl (C=O) groups excluding carboxylic acids is 1. The molecule has 0 radical (unpaired) electrons. The van der Waals surface area contributed by atoms with Gasteiger partial charge in [0.05, 0.1) is 23.1 Å². The summed E-state index contributed by atoms with van der Waals surface area (Å²) in [5.74, 6) is -0.965. The number of amides is 1. The van der Waals surface area contributed by atoms with E-state index in [0.717, 1.165) is 18.3 Å². The van der Waals surface area contributed by atoms with E-state index in [1.165, 1.54) is 11.2 Å². The number of fused-ring (bicyclic) bond motifs is 1. The molecule has 1 aliphatic heterocycles. The monoisotopic (exact) mass is 633 g/mol. The first-order chi connectivity index (χ1) is 19.6. The minimum absolute atomic E-state index is 0.0575. The van der Waals surface area contributed by atoms with Crippen LogP contribution in [0.4, 0.5) is 31.5 Å². The zero-order chi connectivity index (χ0) is 30.6. The van der Waals surface area contributed by atoms with E-state index >= 15 is 0 Å². The van der Waals surface area contributed by atoms with Gasteiger partial charge in [-0.15, -0.1) is 0 Å². The summed E-state index contributed by atoms with van der Waals surface area (Å²) in [6.45, 7) is 3.08. The van der Waals surface area contributed by atoms with Gasteiger partial charge in [-0.1, -0.05) is 23.5 Å². The number of thiazole rings is 1. The Hall–Kier alpha value is -3.61. The Labute approximate surface area is 238 Å². The fourth-order valence-electron chi connectivity index (χ4n) is 4.29. The number of rotatable bonds is 5. The zero-order valence-electron chi connectivity index (χ0n) is 21.8. The summed E-state index contributed by atoms with van der Waals surface area (Å²) in [6, 6.07) is 3.97. The average Bonchev–Trinajstić information content (AvgIpc) is 3.51. The van der Waals surface area contributed by atoms with Gasteiger partial charge in [0.25, 0.3) is 15.9 Å². The van der Waals surface area contributed by atoms with Crippen molar-refractivity contribution in [2.24, 2.45) is 0 Å². The van der Waals surface area contributed by atoms with Crippen molar-refractivity contribution in [1.29, 1.82) is 0 Å². The van der Waals surface area contributed by atoms with E-state index in [1.54, 1.807) is 0 Å². The minimum atomic E-state index is -4.96. The maximum atomic E-state index is 13.9. The first kappa shape index (κ1) is 29.9. The van der Waals surface area contributed by atoms with Crippen molar-refractivity contribution in [2.45, 2.75) is 23.5 Å². The van der Waals surface area contributed by atoms with E-state index in [1.807, 2.05) is 11.9 Å². The Kier molecular flexibility index (Phi) is 7.53. The van der Waals surface area contributed by atoms with Gasteiger partial charge in [-0.3, -0.25) is 10.1 Å². The van der Waals surface area contributed by atoms with Gasteiger partial charge in [0.2, 0.25) is 0 Å². The highest BCUT2D eigenvalue weighted by atomic mass is 32.2. The number of hydrogen-bond acceptors (Lipinski definition) is 8. The molecule has 224 valence electrons. The normalized spacial score (nSPS) is 15.8. The Balaban J connectivity index is 1.48. The highest BCUT2D eigenvalue weighted by molar-refractivity contribution is 7.91. The van der Waals surface area contributed by atoms with E-state index in [2.05, 4.69) is 20.4 Å². The van der Waals surface area contributed by atoms with E-state index in [4.69, 9.17) is 0 Å². The van der Waals surface area contributed by atoms with Crippen LogP contribution in [0.25, 0.3) is 16.9 Å². The SMILES string of the molecule is Cc1nc(NC(=O)c2cnn3c(C(F)(F)F)cc(-c4ccc(C(F)(F)F)cc4)nc23)sc1S(=O)(=O)N1CCN(C)CC1. The van der Waals surface area contributed by atoms with E-state index in [0.29, 0.717) is 47.1 Å². The largest absolute Gasteiger partial charge is 0.433 e. The maximum Gasteiger partial charge on any atom is 0.433 e. The Morgan fingerprint density at radius 3 is 2.21 bits per heavy atom. The molecular weight excluding hydrogens is 612 g/mol. The fourth-order valence-corrected chi connectivity index (χ4v) is 7.26. The highest BCUT2D eigenvalue weighted by Gasteiger charge is 2.37. The molecule has 1 saturated heterocycles. The molecule has 4 heterocycles. The van der Waals surface area contributed by atoms with Gasteiger partial charge >= 0.3 is 12.4 Å². The molecule has 42 heavy (non-hydrogen) atoms. The van der Waals surface area contributed by atoms with Crippen molar-refractivity contribution in [3.8, 4) is 11.3 Å². The number of hydrogen-bond donors (Lipinski definition) is 1. The minimum Gasteiger partial charge on any atom is -0.304 e. The summed E-state index contributed by atoms with van der Waals surface area (Å²) in [5, 5.41) is 5.95. The first-order valence-electron chi connectivity index (χ1n) is 12.2. The molecule has 4 aromatic rings. The number of piperazine rings is 1. The second kappa shape index (κ2) is 10.6. The Bertz CT molecular complexity index is 1760. The number of halogens is 6. The third-order valence-electron chi connectivity index (χ3n) is 6.53. The van der Waals surface area contributed by atoms with Crippen LogP contribution in [0.5, 0.6) is 0 Å². The van der Waals surface area contributed by atoms with Gasteiger partial charge in [-0.25, -0.2) is 22.9 Å². The topological polar surface area (TPSA) is 113 Å². The van der Waals surface area contributed by atoms with Crippen molar-refractivity contribution in [2.75, 3.05) is 38.5 Å². The summed E-state index contributed by atoms with van der Waals surface area (Å²) in [5.41, 5.74) is -3.49. The van der Waals surface area contributed by atoms with E-state index < -0.39 is 50.8 Å². The predicted octanol–water partition coefficient (Wildman–Crippen LogP) is 4.39. The second-order valence-electron chi connectivity index (χ2n) is 9.45. The zero-order valence-corrected chi connectivity index (χ0v) is 23.4. The lowest BCUT2D eigenvalue weighted by molar-refractivity contribution is -0.142. The van der Waals surface area contributed by atoms with E-state index in [9.17, 15) is 39.6 Å². The van der Waals surface area contributed by atoms with Crippen LogP contribution in [0.2, 0.25) is 0 Å². The Morgan fingerprint density at radius 2 is 1.62 bits per heavy atom.